The van der Waals surface area contributed by atoms with E-state index in [1.54, 1.807) is 11.3 Å². The molecule has 0 saturated carbocycles. The second-order valence-corrected chi connectivity index (χ2v) is 5.40. The van der Waals surface area contributed by atoms with Gasteiger partial charge in [-0.15, -0.1) is 35.3 Å². The van der Waals surface area contributed by atoms with Crippen molar-refractivity contribution in [2.45, 2.75) is 39.8 Å². The number of hydrogen-bond acceptors (Lipinski definition) is 3. The number of rotatable bonds is 2. The van der Waals surface area contributed by atoms with Gasteiger partial charge in [-0.05, 0) is 27.7 Å². The molecule has 1 aromatic rings. The minimum absolute atomic E-state index is 0. The van der Waals surface area contributed by atoms with Gasteiger partial charge in [0, 0.05) is 16.6 Å². The molecule has 0 amide bonds. The van der Waals surface area contributed by atoms with Crippen LogP contribution >= 0.6 is 35.3 Å². The van der Waals surface area contributed by atoms with E-state index >= 15 is 0 Å². The third kappa shape index (κ3) is 6.26. The summed E-state index contributed by atoms with van der Waals surface area (Å²) in [6, 6.07) is 0. The second kappa shape index (κ2) is 6.39. The van der Waals surface area contributed by atoms with E-state index in [2.05, 4.69) is 15.3 Å². The van der Waals surface area contributed by atoms with E-state index in [1.165, 1.54) is 0 Å². The average molecular weight is 354 g/mol. The molecule has 1 heterocycles. The molecule has 0 aromatic carbocycles. The molecule has 0 saturated heterocycles. The molecule has 16 heavy (non-hydrogen) atoms. The highest BCUT2D eigenvalue weighted by atomic mass is 127. The lowest BCUT2D eigenvalue weighted by atomic mass is 10.1. The molecule has 0 unspecified atom stereocenters. The fourth-order valence-electron chi connectivity index (χ4n) is 1.05. The number of hydrogen-bond donors (Lipinski definition) is 2. The molecule has 0 aliphatic heterocycles. The lowest BCUT2D eigenvalue weighted by Crippen LogP contribution is -2.44. The maximum absolute atomic E-state index is 5.73. The molecule has 1 aromatic heterocycles. The van der Waals surface area contributed by atoms with Crippen molar-refractivity contribution in [2.75, 3.05) is 0 Å². The Kier molecular flexibility index (Phi) is 6.24. The topological polar surface area (TPSA) is 63.3 Å². The van der Waals surface area contributed by atoms with Crippen LogP contribution < -0.4 is 11.1 Å². The number of nitrogens with zero attached hydrogens (tertiary/aromatic N) is 2. The number of halogens is 1. The van der Waals surface area contributed by atoms with Crippen LogP contribution in [0.4, 0.5) is 0 Å². The van der Waals surface area contributed by atoms with Crippen LogP contribution in [0.3, 0.4) is 0 Å². The molecule has 0 radical (unpaired) electrons. The normalized spacial score (nSPS) is 12.1. The van der Waals surface area contributed by atoms with Crippen molar-refractivity contribution in [3.8, 4) is 0 Å². The summed E-state index contributed by atoms with van der Waals surface area (Å²) in [7, 11) is 0. The quantitative estimate of drug-likeness (QED) is 0.487. The number of nitrogens with two attached hydrogens (primary N) is 1. The second-order valence-electron chi connectivity index (χ2n) is 4.46. The molecule has 0 spiro atoms. The molecule has 0 aliphatic rings. The molecule has 0 aliphatic carbocycles. The number of guanidine groups is 1. The molecule has 1 rings (SSSR count). The molecule has 0 bridgehead atoms. The Morgan fingerprint density at radius 3 is 2.62 bits per heavy atom. The van der Waals surface area contributed by atoms with Crippen LogP contribution in [0, 0.1) is 6.92 Å². The zero-order chi connectivity index (χ0) is 11.5. The highest BCUT2D eigenvalue weighted by Crippen LogP contribution is 2.09. The largest absolute Gasteiger partial charge is 0.370 e. The summed E-state index contributed by atoms with van der Waals surface area (Å²) >= 11 is 1.61. The molecule has 6 heteroatoms. The molecule has 92 valence electrons. The average Bonchev–Trinajstić information content (AvgIpc) is 2.45. The van der Waals surface area contributed by atoms with Crippen molar-refractivity contribution < 1.29 is 0 Å². The third-order valence-electron chi connectivity index (χ3n) is 1.55. The van der Waals surface area contributed by atoms with Gasteiger partial charge in [-0.3, -0.25) is 0 Å². The van der Waals surface area contributed by atoms with Crippen LogP contribution in [0.25, 0.3) is 0 Å². The molecular formula is C10H19IN4S. The van der Waals surface area contributed by atoms with E-state index in [-0.39, 0.29) is 29.5 Å². The van der Waals surface area contributed by atoms with Crippen molar-refractivity contribution in [3.05, 3.63) is 16.1 Å². The van der Waals surface area contributed by atoms with Crippen molar-refractivity contribution in [2.24, 2.45) is 10.7 Å². The molecule has 3 N–H and O–H groups in total. The summed E-state index contributed by atoms with van der Waals surface area (Å²) < 4.78 is 0. The minimum Gasteiger partial charge on any atom is -0.370 e. The molecule has 4 nitrogen and oxygen atoms in total. The van der Waals surface area contributed by atoms with E-state index in [1.807, 2.05) is 33.1 Å². The van der Waals surface area contributed by atoms with Crippen LogP contribution in [0.1, 0.15) is 31.5 Å². The van der Waals surface area contributed by atoms with Gasteiger partial charge in [0.25, 0.3) is 0 Å². The molecule has 0 fully saturated rings. The standard InChI is InChI=1S/C10H18N4S.HI/c1-7-6-15-8(13-7)5-12-9(11)14-10(2,3)4;/h6H,5H2,1-4H3,(H3,11,12,14);1H. The summed E-state index contributed by atoms with van der Waals surface area (Å²) in [6.45, 7) is 8.66. The zero-order valence-electron chi connectivity index (χ0n) is 10.1. The lowest BCUT2D eigenvalue weighted by molar-refractivity contribution is 0.508. The van der Waals surface area contributed by atoms with Gasteiger partial charge in [-0.25, -0.2) is 9.98 Å². The van der Waals surface area contributed by atoms with Crippen molar-refractivity contribution in [1.29, 1.82) is 0 Å². The zero-order valence-corrected chi connectivity index (χ0v) is 13.2. The Bertz CT molecular complexity index is 354. The van der Waals surface area contributed by atoms with Gasteiger partial charge < -0.3 is 11.1 Å². The van der Waals surface area contributed by atoms with Crippen molar-refractivity contribution >= 4 is 41.3 Å². The van der Waals surface area contributed by atoms with Gasteiger partial charge in [0.1, 0.15) is 5.01 Å². The first kappa shape index (κ1) is 15.6. The number of aromatic nitrogens is 1. The highest BCUT2D eigenvalue weighted by molar-refractivity contribution is 14.0. The van der Waals surface area contributed by atoms with E-state index in [0.29, 0.717) is 12.5 Å². The Balaban J connectivity index is 0.00000225. The summed E-state index contributed by atoms with van der Waals surface area (Å²) in [5.41, 5.74) is 6.72. The van der Waals surface area contributed by atoms with E-state index in [9.17, 15) is 0 Å². The first-order chi connectivity index (χ1) is 6.87. The Labute approximate surface area is 118 Å². The van der Waals surface area contributed by atoms with E-state index in [0.717, 1.165) is 10.7 Å². The Morgan fingerprint density at radius 1 is 1.56 bits per heavy atom. The van der Waals surface area contributed by atoms with E-state index in [4.69, 9.17) is 5.73 Å². The summed E-state index contributed by atoms with van der Waals surface area (Å²) in [6.07, 6.45) is 0. The smallest absolute Gasteiger partial charge is 0.189 e. The predicted octanol–water partition coefficient (Wildman–Crippen LogP) is 2.27. The van der Waals surface area contributed by atoms with Gasteiger partial charge in [0.05, 0.1) is 6.54 Å². The summed E-state index contributed by atoms with van der Waals surface area (Å²) in [5.74, 6) is 0.468. The maximum atomic E-state index is 5.73. The maximum Gasteiger partial charge on any atom is 0.189 e. The third-order valence-corrected chi connectivity index (χ3v) is 2.51. The van der Waals surface area contributed by atoms with Gasteiger partial charge in [-0.2, -0.15) is 0 Å². The molecule has 0 atom stereocenters. The summed E-state index contributed by atoms with van der Waals surface area (Å²) in [5, 5.41) is 6.10. The van der Waals surface area contributed by atoms with Gasteiger partial charge >= 0.3 is 0 Å². The van der Waals surface area contributed by atoms with E-state index < -0.39 is 0 Å². The van der Waals surface area contributed by atoms with Gasteiger partial charge in [0.2, 0.25) is 0 Å². The predicted molar refractivity (Wildman–Crippen MR) is 80.5 cm³/mol. The van der Waals surface area contributed by atoms with Crippen LogP contribution in [-0.4, -0.2) is 16.5 Å². The lowest BCUT2D eigenvalue weighted by Gasteiger charge is -2.20. The van der Waals surface area contributed by atoms with Crippen LogP contribution in [0.5, 0.6) is 0 Å². The number of aryl methyl sites for hydroxylation is 1. The fourth-order valence-corrected chi connectivity index (χ4v) is 1.75. The highest BCUT2D eigenvalue weighted by Gasteiger charge is 2.09. The first-order valence-electron chi connectivity index (χ1n) is 4.86. The van der Waals surface area contributed by atoms with Crippen LogP contribution in [0.2, 0.25) is 0 Å². The number of nitrogens with one attached hydrogen (secondary N) is 1. The van der Waals surface area contributed by atoms with Gasteiger partial charge in [-0.1, -0.05) is 0 Å². The Morgan fingerprint density at radius 2 is 2.19 bits per heavy atom. The fraction of sp³-hybridized carbons (Fsp3) is 0.600. The van der Waals surface area contributed by atoms with Gasteiger partial charge in [0.15, 0.2) is 5.96 Å². The van der Waals surface area contributed by atoms with Crippen molar-refractivity contribution in [1.82, 2.24) is 10.3 Å². The molecular weight excluding hydrogens is 335 g/mol. The minimum atomic E-state index is -0.0492. The summed E-state index contributed by atoms with van der Waals surface area (Å²) in [4.78, 5) is 8.53. The Hall–Kier alpha value is -0.370. The van der Waals surface area contributed by atoms with Crippen molar-refractivity contribution in [3.63, 3.8) is 0 Å². The number of thiazole rings is 1. The monoisotopic (exact) mass is 354 g/mol. The van der Waals surface area contributed by atoms with Crippen LogP contribution in [0.15, 0.2) is 10.4 Å². The first-order valence-corrected chi connectivity index (χ1v) is 5.74. The van der Waals surface area contributed by atoms with Crippen LogP contribution in [-0.2, 0) is 6.54 Å². The number of aliphatic imine (C=N–C) groups is 1. The SMILES string of the molecule is Cc1csc(CN=C(N)NC(C)(C)C)n1.I.